The van der Waals surface area contributed by atoms with Gasteiger partial charge in [-0.2, -0.15) is 0 Å². The first-order valence-corrected chi connectivity index (χ1v) is 32.5. The molecule has 0 rings (SSSR count). The monoisotopic (exact) mass is 1020 g/mol. The molecule has 1 unspecified atom stereocenters. The number of hydrogen-bond acceptors (Lipinski definition) is 6. The van der Waals surface area contributed by atoms with E-state index in [1.807, 2.05) is 0 Å². The van der Waals surface area contributed by atoms with Crippen LogP contribution in [0.2, 0.25) is 0 Å². The van der Waals surface area contributed by atoms with Crippen LogP contribution in [0, 0.1) is 0 Å². The lowest BCUT2D eigenvalue weighted by atomic mass is 10.0. The fourth-order valence-corrected chi connectivity index (χ4v) is 9.81. The quantitative estimate of drug-likeness (QED) is 0.0261. The van der Waals surface area contributed by atoms with Gasteiger partial charge in [0.15, 0.2) is 6.10 Å². The fraction of sp³-hybridized carbons (Fsp3) is 0.866. The molecule has 0 saturated heterocycles. The van der Waals surface area contributed by atoms with Crippen molar-refractivity contribution in [3.05, 3.63) is 36.5 Å². The van der Waals surface area contributed by atoms with Crippen molar-refractivity contribution in [1.29, 1.82) is 0 Å². The van der Waals surface area contributed by atoms with E-state index in [2.05, 4.69) is 57.2 Å². The van der Waals surface area contributed by atoms with Crippen LogP contribution in [0.25, 0.3) is 0 Å². The van der Waals surface area contributed by atoms with Gasteiger partial charge in [-0.15, -0.1) is 0 Å². The van der Waals surface area contributed by atoms with Gasteiger partial charge in [-0.25, -0.2) is 0 Å². The second-order valence-electron chi connectivity index (χ2n) is 22.0. The van der Waals surface area contributed by atoms with Crippen molar-refractivity contribution in [2.45, 2.75) is 361 Å². The van der Waals surface area contributed by atoms with E-state index in [4.69, 9.17) is 14.2 Å². The topological polar surface area (TPSA) is 78.9 Å². The Bertz CT molecular complexity index is 1220. The van der Waals surface area contributed by atoms with Crippen molar-refractivity contribution >= 4 is 17.9 Å². The minimum atomic E-state index is -0.781. The fourth-order valence-electron chi connectivity index (χ4n) is 9.81. The van der Waals surface area contributed by atoms with Crippen molar-refractivity contribution in [2.24, 2.45) is 0 Å². The van der Waals surface area contributed by atoms with Crippen LogP contribution in [0.15, 0.2) is 36.5 Å². The van der Waals surface area contributed by atoms with Gasteiger partial charge in [0.05, 0.1) is 0 Å². The summed E-state index contributed by atoms with van der Waals surface area (Å²) in [6.07, 6.45) is 75.9. The Morgan fingerprint density at radius 2 is 0.534 bits per heavy atom. The minimum absolute atomic E-state index is 0.0760. The molecule has 0 aromatic carbocycles. The third-order valence-corrected chi connectivity index (χ3v) is 14.7. The highest BCUT2D eigenvalue weighted by Crippen LogP contribution is 2.18. The normalized spacial score (nSPS) is 12.2. The Balaban J connectivity index is 4.26. The predicted molar refractivity (Wildman–Crippen MR) is 316 cm³/mol. The highest BCUT2D eigenvalue weighted by Gasteiger charge is 2.19. The summed E-state index contributed by atoms with van der Waals surface area (Å²) in [5.74, 6) is -0.881. The third kappa shape index (κ3) is 60.4. The van der Waals surface area contributed by atoms with Gasteiger partial charge in [0.1, 0.15) is 13.2 Å². The Morgan fingerprint density at radius 3 is 0.836 bits per heavy atom. The molecular weight excluding hydrogens is 901 g/mol. The molecule has 0 bridgehead atoms. The Hall–Kier alpha value is -2.37. The molecule has 0 spiro atoms. The molecule has 0 aliphatic rings. The lowest BCUT2D eigenvalue weighted by Crippen LogP contribution is -2.30. The first-order valence-electron chi connectivity index (χ1n) is 32.5. The Labute approximate surface area is 455 Å². The maximum atomic E-state index is 12.9. The number of esters is 3. The van der Waals surface area contributed by atoms with Gasteiger partial charge in [0, 0.05) is 19.3 Å². The maximum absolute atomic E-state index is 12.9. The van der Waals surface area contributed by atoms with E-state index in [1.165, 1.54) is 231 Å². The van der Waals surface area contributed by atoms with Crippen LogP contribution in [0.4, 0.5) is 0 Å². The summed E-state index contributed by atoms with van der Waals surface area (Å²) < 4.78 is 16.9. The molecule has 6 nitrogen and oxygen atoms in total. The molecule has 1 atom stereocenters. The van der Waals surface area contributed by atoms with E-state index in [1.54, 1.807) is 0 Å². The average molecular weight is 1030 g/mol. The van der Waals surface area contributed by atoms with Gasteiger partial charge in [-0.3, -0.25) is 14.4 Å². The molecular formula is C67H124O6. The van der Waals surface area contributed by atoms with Crippen LogP contribution < -0.4 is 0 Å². The zero-order chi connectivity index (χ0) is 52.9. The molecule has 0 fully saturated rings. The Kier molecular flexibility index (Phi) is 60.2. The van der Waals surface area contributed by atoms with Gasteiger partial charge < -0.3 is 14.2 Å². The zero-order valence-corrected chi connectivity index (χ0v) is 49.2. The number of carbonyl (C=O) groups is 3. The smallest absolute Gasteiger partial charge is 0.306 e. The van der Waals surface area contributed by atoms with Gasteiger partial charge in [-0.1, -0.05) is 320 Å². The SMILES string of the molecule is CC/C=C\C/C=C\C/C=C\CCCCCC(=O)OCC(COC(=O)CCCCCCCCCCCCCCCCCCCCCCCCC)OC(=O)CCCCCCCCCCCCCCCCCCCCC. The minimum Gasteiger partial charge on any atom is -0.462 e. The number of carbonyl (C=O) groups excluding carboxylic acids is 3. The molecule has 428 valence electrons. The highest BCUT2D eigenvalue weighted by molar-refractivity contribution is 5.71. The molecule has 73 heavy (non-hydrogen) atoms. The average Bonchev–Trinajstić information content (AvgIpc) is 3.39. The lowest BCUT2D eigenvalue weighted by molar-refractivity contribution is -0.167. The van der Waals surface area contributed by atoms with Gasteiger partial charge in [-0.05, 0) is 51.4 Å². The summed E-state index contributed by atoms with van der Waals surface area (Å²) in [4.78, 5) is 38.3. The number of allylic oxidation sites excluding steroid dienone is 6. The van der Waals surface area contributed by atoms with Crippen LogP contribution in [-0.4, -0.2) is 37.2 Å². The van der Waals surface area contributed by atoms with Crippen molar-refractivity contribution in [2.75, 3.05) is 13.2 Å². The molecule has 0 N–H and O–H groups in total. The van der Waals surface area contributed by atoms with Crippen LogP contribution in [0.1, 0.15) is 355 Å². The highest BCUT2D eigenvalue weighted by atomic mass is 16.6. The first-order chi connectivity index (χ1) is 36.0. The van der Waals surface area contributed by atoms with Crippen molar-refractivity contribution in [3.8, 4) is 0 Å². The van der Waals surface area contributed by atoms with Crippen LogP contribution in [-0.2, 0) is 28.6 Å². The Morgan fingerprint density at radius 1 is 0.288 bits per heavy atom. The summed E-state index contributed by atoms with van der Waals surface area (Å²) in [7, 11) is 0. The molecule has 6 heteroatoms. The van der Waals surface area contributed by atoms with E-state index in [9.17, 15) is 14.4 Å². The van der Waals surface area contributed by atoms with Crippen LogP contribution in [0.5, 0.6) is 0 Å². The van der Waals surface area contributed by atoms with Gasteiger partial charge in [0.25, 0.3) is 0 Å². The number of rotatable bonds is 60. The largest absolute Gasteiger partial charge is 0.462 e. The summed E-state index contributed by atoms with van der Waals surface area (Å²) in [5, 5.41) is 0. The number of ether oxygens (including phenoxy) is 3. The van der Waals surface area contributed by atoms with E-state index >= 15 is 0 Å². The number of hydrogen-bond donors (Lipinski definition) is 0. The molecule has 0 radical (unpaired) electrons. The summed E-state index contributed by atoms with van der Waals surface area (Å²) >= 11 is 0. The number of unbranched alkanes of at least 4 members (excludes halogenated alkanes) is 43. The predicted octanol–water partition coefficient (Wildman–Crippen LogP) is 22.0. The lowest BCUT2D eigenvalue weighted by Gasteiger charge is -2.18. The van der Waals surface area contributed by atoms with Crippen LogP contribution >= 0.6 is 0 Å². The molecule has 0 aromatic heterocycles. The van der Waals surface area contributed by atoms with Crippen LogP contribution in [0.3, 0.4) is 0 Å². The second kappa shape index (κ2) is 62.2. The van der Waals surface area contributed by atoms with E-state index in [0.29, 0.717) is 19.3 Å². The van der Waals surface area contributed by atoms with Crippen molar-refractivity contribution in [1.82, 2.24) is 0 Å². The molecule has 0 saturated carbocycles. The zero-order valence-electron chi connectivity index (χ0n) is 49.2. The molecule has 0 aliphatic carbocycles. The van der Waals surface area contributed by atoms with E-state index in [0.717, 1.165) is 83.5 Å². The summed E-state index contributed by atoms with van der Waals surface area (Å²) in [6, 6.07) is 0. The third-order valence-electron chi connectivity index (χ3n) is 14.7. The van der Waals surface area contributed by atoms with Gasteiger partial charge >= 0.3 is 17.9 Å². The van der Waals surface area contributed by atoms with E-state index < -0.39 is 6.10 Å². The van der Waals surface area contributed by atoms with Gasteiger partial charge in [0.2, 0.25) is 0 Å². The maximum Gasteiger partial charge on any atom is 0.306 e. The first kappa shape index (κ1) is 70.6. The molecule has 0 aliphatic heterocycles. The van der Waals surface area contributed by atoms with Crippen molar-refractivity contribution < 1.29 is 28.6 Å². The summed E-state index contributed by atoms with van der Waals surface area (Å²) in [6.45, 7) is 6.57. The molecule has 0 heterocycles. The van der Waals surface area contributed by atoms with Crippen molar-refractivity contribution in [3.63, 3.8) is 0 Å². The molecule has 0 aromatic rings. The standard InChI is InChI=1S/C67H124O6/c1-4-7-10-13-16-19-22-25-27-29-31-32-33-34-36-37-39-42-45-48-51-54-57-60-66(69)72-63-64(62-71-65(68)59-56-53-50-47-44-41-24-21-18-15-12-9-6-3)73-67(70)61-58-55-52-49-46-43-40-38-35-30-28-26-23-20-17-14-11-8-5-2/h9,12,18,21,41,44,64H,4-8,10-11,13-17,19-20,22-40,42-43,45-63H2,1-3H3/b12-9-,21-18-,44-41-. The summed E-state index contributed by atoms with van der Waals surface area (Å²) in [5.41, 5.74) is 0. The molecule has 0 amide bonds. The second-order valence-corrected chi connectivity index (χ2v) is 22.0. The van der Waals surface area contributed by atoms with E-state index in [-0.39, 0.29) is 31.1 Å².